The summed E-state index contributed by atoms with van der Waals surface area (Å²) in [4.78, 5) is 55.4. The fourth-order valence-electron chi connectivity index (χ4n) is 6.71. The molecule has 0 saturated carbocycles. The second kappa shape index (κ2) is 10.5. The average Bonchev–Trinajstić information content (AvgIpc) is 2.94. The van der Waals surface area contributed by atoms with Crippen molar-refractivity contribution < 1.29 is 44.3 Å². The van der Waals surface area contributed by atoms with Crippen molar-refractivity contribution >= 4 is 23.5 Å². The number of primary amides is 1. The second-order valence-corrected chi connectivity index (χ2v) is 11.2. The first-order chi connectivity index (χ1) is 19.8. The van der Waals surface area contributed by atoms with Gasteiger partial charge in [-0.25, -0.2) is 4.79 Å². The number of allylic oxidation sites excluding steroid dienone is 1. The van der Waals surface area contributed by atoms with E-state index in [1.165, 1.54) is 11.0 Å². The molecular formula is C29H32N4O9. The van der Waals surface area contributed by atoms with Crippen LogP contribution in [0, 0.1) is 24.2 Å². The van der Waals surface area contributed by atoms with Crippen molar-refractivity contribution in [3.05, 3.63) is 51.0 Å². The highest BCUT2D eigenvalue weighted by molar-refractivity contribution is 6.24. The van der Waals surface area contributed by atoms with E-state index in [1.54, 1.807) is 19.0 Å². The number of nitrogens with two attached hydrogens (primary N) is 1. The van der Waals surface area contributed by atoms with Gasteiger partial charge in [0, 0.05) is 31.1 Å². The second-order valence-electron chi connectivity index (χ2n) is 11.2. The highest BCUT2D eigenvalue weighted by Gasteiger charge is 2.63. The summed E-state index contributed by atoms with van der Waals surface area (Å²) >= 11 is 0. The van der Waals surface area contributed by atoms with Crippen LogP contribution in [0.5, 0.6) is 5.75 Å². The van der Waals surface area contributed by atoms with Crippen LogP contribution in [0.25, 0.3) is 0 Å². The maximum Gasteiger partial charge on any atom is 0.317 e. The number of rotatable bonds is 4. The van der Waals surface area contributed by atoms with Crippen molar-refractivity contribution in [3.8, 4) is 18.1 Å². The third kappa shape index (κ3) is 4.22. The number of phenolic OH excluding ortho intramolecular Hbond substituents is 1. The standard InChI is InChI=1S/C29H32N4O9/c1-4-13-9-15(12-31-28(40)33-5-7-42-8-6-33)16-10-14-11-17-21(32(2)3)24(36)20(27(30)39)26(38)29(17,41)25(37)18(14)23(35)19(16)22(13)34/h1,9,14,17,21,34,36-37,41H,5-8,10-12H2,2-3H3,(H2,30,39)(H,31,40)/t14-,17+,21+,29-/m0/s1. The molecule has 0 aromatic heterocycles. The quantitative estimate of drug-likeness (QED) is 0.202. The van der Waals surface area contributed by atoms with Gasteiger partial charge in [0.05, 0.1) is 30.4 Å². The largest absolute Gasteiger partial charge is 0.510 e. The molecule has 5 rings (SSSR count). The summed E-state index contributed by atoms with van der Waals surface area (Å²) in [7, 11) is 3.11. The Bertz CT molecular complexity index is 1520. The lowest BCUT2D eigenvalue weighted by atomic mass is 9.58. The molecule has 3 aliphatic carbocycles. The number of carbonyl (C=O) groups is 4. The number of hydrogen-bond acceptors (Lipinski definition) is 10. The van der Waals surface area contributed by atoms with E-state index in [9.17, 15) is 39.6 Å². The maximum atomic E-state index is 14.0. The third-order valence-corrected chi connectivity index (χ3v) is 8.70. The zero-order valence-electron chi connectivity index (χ0n) is 23.1. The van der Waals surface area contributed by atoms with Crippen LogP contribution in [-0.4, -0.2) is 106 Å². The molecule has 3 amide bonds. The number of likely N-dealkylation sites (N-methyl/N-ethyl adjacent to an activating group) is 1. The van der Waals surface area contributed by atoms with Gasteiger partial charge >= 0.3 is 6.03 Å². The Kier molecular flexibility index (Phi) is 7.26. The molecule has 13 nitrogen and oxygen atoms in total. The van der Waals surface area contributed by atoms with E-state index in [-0.39, 0.29) is 42.1 Å². The molecule has 0 spiro atoms. The predicted octanol–water partition coefficient (Wildman–Crippen LogP) is -0.356. The van der Waals surface area contributed by atoms with Gasteiger partial charge < -0.3 is 41.1 Å². The van der Waals surface area contributed by atoms with Crippen LogP contribution < -0.4 is 11.1 Å². The smallest absolute Gasteiger partial charge is 0.317 e. The Morgan fingerprint density at radius 1 is 1.24 bits per heavy atom. The Labute approximate surface area is 241 Å². The molecule has 42 heavy (non-hydrogen) atoms. The Hall–Kier alpha value is -4.38. The molecule has 0 unspecified atom stereocenters. The number of Topliss-reactive ketones (excluding diaryl/α,β-unsaturated/α-hetero) is 2. The number of ketones is 2. The molecule has 7 N–H and O–H groups in total. The first kappa shape index (κ1) is 29.1. The number of phenols is 1. The van der Waals surface area contributed by atoms with Gasteiger partial charge in [-0.15, -0.1) is 6.42 Å². The van der Waals surface area contributed by atoms with Gasteiger partial charge in [-0.1, -0.05) is 5.92 Å². The van der Waals surface area contributed by atoms with Gasteiger partial charge in [0.2, 0.25) is 5.78 Å². The average molecular weight is 581 g/mol. The number of ether oxygens (including phenoxy) is 1. The lowest BCUT2D eigenvalue weighted by molar-refractivity contribution is -0.148. The van der Waals surface area contributed by atoms with E-state index in [4.69, 9.17) is 16.9 Å². The fraction of sp³-hybridized carbons (Fsp3) is 0.448. The molecule has 1 fully saturated rings. The Morgan fingerprint density at radius 3 is 2.50 bits per heavy atom. The van der Waals surface area contributed by atoms with Gasteiger partial charge in [0.25, 0.3) is 5.91 Å². The van der Waals surface area contributed by atoms with Crippen molar-refractivity contribution in [2.24, 2.45) is 17.6 Å². The van der Waals surface area contributed by atoms with E-state index in [0.717, 1.165) is 0 Å². The van der Waals surface area contributed by atoms with Crippen LogP contribution in [-0.2, 0) is 27.3 Å². The number of benzene rings is 1. The number of hydrogen-bond donors (Lipinski definition) is 6. The number of terminal acetylenes is 1. The molecule has 0 radical (unpaired) electrons. The summed E-state index contributed by atoms with van der Waals surface area (Å²) in [5.41, 5.74) is 2.11. The number of amides is 3. The molecule has 13 heteroatoms. The van der Waals surface area contributed by atoms with Crippen LogP contribution in [0.4, 0.5) is 4.79 Å². The number of urea groups is 1. The zero-order chi connectivity index (χ0) is 30.7. The van der Waals surface area contributed by atoms with Gasteiger partial charge in [-0.3, -0.25) is 19.3 Å². The summed E-state index contributed by atoms with van der Waals surface area (Å²) in [6.45, 7) is 1.63. The molecule has 1 aromatic rings. The summed E-state index contributed by atoms with van der Waals surface area (Å²) in [5.74, 6) is -5.15. The summed E-state index contributed by atoms with van der Waals surface area (Å²) in [5, 5.41) is 47.9. The topological polar surface area (TPSA) is 203 Å². The monoisotopic (exact) mass is 580 g/mol. The third-order valence-electron chi connectivity index (χ3n) is 8.70. The van der Waals surface area contributed by atoms with Crippen molar-refractivity contribution in [1.82, 2.24) is 15.1 Å². The van der Waals surface area contributed by atoms with Gasteiger partial charge in [0.1, 0.15) is 22.8 Å². The van der Waals surface area contributed by atoms with Gasteiger partial charge in [-0.2, -0.15) is 0 Å². The van der Waals surface area contributed by atoms with Crippen molar-refractivity contribution in [3.63, 3.8) is 0 Å². The SMILES string of the molecule is C#Cc1cc(CNC(=O)N2CCOCC2)c2c(c1O)C(=O)C1=C(O)[C@]3(O)C(=O)C(C(N)=O)=C(O)[C@H](N(C)C)[C@H]3C[C@@H]1C2. The molecule has 222 valence electrons. The predicted molar refractivity (Wildman–Crippen MR) is 146 cm³/mol. The number of carbonyl (C=O) groups excluding carboxylic acids is 4. The van der Waals surface area contributed by atoms with E-state index in [0.29, 0.717) is 37.4 Å². The van der Waals surface area contributed by atoms with Gasteiger partial charge in [-0.05, 0) is 50.0 Å². The van der Waals surface area contributed by atoms with Crippen LogP contribution in [0.2, 0.25) is 0 Å². The molecule has 0 bridgehead atoms. The number of aliphatic hydroxyl groups is 3. The summed E-state index contributed by atoms with van der Waals surface area (Å²) < 4.78 is 5.28. The van der Waals surface area contributed by atoms with E-state index >= 15 is 0 Å². The number of nitrogens with zero attached hydrogens (tertiary/aromatic N) is 2. The zero-order valence-corrected chi connectivity index (χ0v) is 23.1. The molecule has 1 aromatic carbocycles. The van der Waals surface area contributed by atoms with E-state index in [2.05, 4.69) is 11.2 Å². The number of morpholine rings is 1. The molecule has 4 aliphatic rings. The summed E-state index contributed by atoms with van der Waals surface area (Å²) in [6.07, 6.45) is 5.63. The van der Waals surface area contributed by atoms with E-state index in [1.807, 2.05) is 0 Å². The van der Waals surface area contributed by atoms with Crippen LogP contribution in [0.1, 0.15) is 33.5 Å². The van der Waals surface area contributed by atoms with Crippen LogP contribution in [0.15, 0.2) is 28.7 Å². The normalized spacial score (nSPS) is 27.3. The lowest BCUT2D eigenvalue weighted by Gasteiger charge is -2.50. The first-order valence-corrected chi connectivity index (χ1v) is 13.4. The van der Waals surface area contributed by atoms with Crippen LogP contribution >= 0.6 is 0 Å². The Morgan fingerprint density at radius 2 is 1.90 bits per heavy atom. The first-order valence-electron chi connectivity index (χ1n) is 13.4. The summed E-state index contributed by atoms with van der Waals surface area (Å²) in [6, 6.07) is 0.0716. The highest BCUT2D eigenvalue weighted by Crippen LogP contribution is 2.52. The number of nitrogens with one attached hydrogen (secondary N) is 1. The minimum Gasteiger partial charge on any atom is -0.510 e. The Balaban J connectivity index is 1.60. The van der Waals surface area contributed by atoms with Crippen LogP contribution in [0.3, 0.4) is 0 Å². The molecule has 4 atom stereocenters. The lowest BCUT2D eigenvalue weighted by Crippen LogP contribution is -2.63. The van der Waals surface area contributed by atoms with Crippen molar-refractivity contribution in [1.29, 1.82) is 0 Å². The van der Waals surface area contributed by atoms with Gasteiger partial charge in [0.15, 0.2) is 11.4 Å². The number of aliphatic hydroxyl groups excluding tert-OH is 2. The molecule has 1 aliphatic heterocycles. The maximum absolute atomic E-state index is 14.0. The fourth-order valence-corrected chi connectivity index (χ4v) is 6.71. The molecule has 1 heterocycles. The minimum atomic E-state index is -2.74. The minimum absolute atomic E-state index is 0.0177. The van der Waals surface area contributed by atoms with E-state index < -0.39 is 63.8 Å². The number of fused-ring (bicyclic) bond motifs is 3. The molecular weight excluding hydrogens is 548 g/mol. The van der Waals surface area contributed by atoms with Crippen molar-refractivity contribution in [2.45, 2.75) is 31.0 Å². The highest BCUT2D eigenvalue weighted by atomic mass is 16.5. The van der Waals surface area contributed by atoms with Crippen molar-refractivity contribution in [2.75, 3.05) is 40.4 Å². The number of aromatic hydroxyl groups is 1. The molecule has 1 saturated heterocycles.